The van der Waals surface area contributed by atoms with Crippen molar-refractivity contribution in [3.8, 4) is 10.6 Å². The van der Waals surface area contributed by atoms with E-state index in [1.807, 2.05) is 6.20 Å². The maximum Gasteiger partial charge on any atom is 0.123 e. The van der Waals surface area contributed by atoms with Gasteiger partial charge < -0.3 is 4.74 Å². The Kier molecular flexibility index (Phi) is 4.91. The summed E-state index contributed by atoms with van der Waals surface area (Å²) < 4.78 is 5.60. The molecule has 3 rings (SSSR count). The fourth-order valence-corrected chi connectivity index (χ4v) is 3.74. The molecule has 22 heavy (non-hydrogen) atoms. The van der Waals surface area contributed by atoms with Crippen molar-refractivity contribution in [1.82, 2.24) is 9.88 Å². The standard InChI is InChI=1S/C18H24N2OS/c1-13(2)15-4-6-16(7-5-15)18-19-10-17(22-18)12-20-8-9-21-14(3)11-20/h4-7,10,13-14H,8-9,11-12H2,1-3H3. The number of thiazole rings is 1. The molecule has 4 heteroatoms. The number of hydrogen-bond acceptors (Lipinski definition) is 4. The van der Waals surface area contributed by atoms with E-state index in [9.17, 15) is 0 Å². The lowest BCUT2D eigenvalue weighted by atomic mass is 10.0. The minimum Gasteiger partial charge on any atom is -0.376 e. The monoisotopic (exact) mass is 316 g/mol. The number of hydrogen-bond donors (Lipinski definition) is 0. The Hall–Kier alpha value is -1.23. The first-order chi connectivity index (χ1) is 10.6. The normalized spacial score (nSPS) is 19.7. The third-order valence-corrected chi connectivity index (χ3v) is 5.11. The van der Waals surface area contributed by atoms with Crippen molar-refractivity contribution >= 4 is 11.3 Å². The van der Waals surface area contributed by atoms with Crippen LogP contribution >= 0.6 is 11.3 Å². The number of aromatic nitrogens is 1. The van der Waals surface area contributed by atoms with Gasteiger partial charge in [-0.2, -0.15) is 0 Å². The van der Waals surface area contributed by atoms with E-state index < -0.39 is 0 Å². The molecule has 2 heterocycles. The van der Waals surface area contributed by atoms with E-state index in [4.69, 9.17) is 4.74 Å². The second kappa shape index (κ2) is 6.90. The molecule has 1 atom stereocenters. The van der Waals surface area contributed by atoms with Crippen LogP contribution in [0.25, 0.3) is 10.6 Å². The quantitative estimate of drug-likeness (QED) is 0.847. The molecule has 1 unspecified atom stereocenters. The zero-order valence-electron chi connectivity index (χ0n) is 13.6. The number of nitrogens with zero attached hydrogens (tertiary/aromatic N) is 2. The highest BCUT2D eigenvalue weighted by Crippen LogP contribution is 2.27. The third-order valence-electron chi connectivity index (χ3n) is 4.08. The summed E-state index contributed by atoms with van der Waals surface area (Å²) in [4.78, 5) is 8.39. The van der Waals surface area contributed by atoms with Crippen LogP contribution in [0.15, 0.2) is 30.5 Å². The molecule has 2 aromatic rings. The summed E-state index contributed by atoms with van der Waals surface area (Å²) in [5.74, 6) is 0.573. The second-order valence-electron chi connectivity index (χ2n) is 6.32. The van der Waals surface area contributed by atoms with Gasteiger partial charge in [0.25, 0.3) is 0 Å². The van der Waals surface area contributed by atoms with Crippen molar-refractivity contribution in [3.63, 3.8) is 0 Å². The molecule has 0 radical (unpaired) electrons. The Morgan fingerprint density at radius 1 is 1.32 bits per heavy atom. The summed E-state index contributed by atoms with van der Waals surface area (Å²) in [6, 6.07) is 8.80. The number of rotatable bonds is 4. The van der Waals surface area contributed by atoms with Crippen LogP contribution in [0.5, 0.6) is 0 Å². The SMILES string of the molecule is CC1CN(Cc2cnc(-c3ccc(C(C)C)cc3)s2)CCO1. The summed E-state index contributed by atoms with van der Waals surface area (Å²) >= 11 is 1.80. The van der Waals surface area contributed by atoms with E-state index in [-0.39, 0.29) is 0 Å². The van der Waals surface area contributed by atoms with Gasteiger partial charge in [0, 0.05) is 36.3 Å². The first-order valence-corrected chi connectivity index (χ1v) is 8.82. The molecule has 0 aliphatic carbocycles. The van der Waals surface area contributed by atoms with E-state index in [1.54, 1.807) is 11.3 Å². The van der Waals surface area contributed by atoms with Crippen LogP contribution in [0.1, 0.15) is 37.1 Å². The van der Waals surface area contributed by atoms with Gasteiger partial charge in [0.15, 0.2) is 0 Å². The van der Waals surface area contributed by atoms with Crippen LogP contribution < -0.4 is 0 Å². The van der Waals surface area contributed by atoms with E-state index in [0.717, 1.165) is 31.2 Å². The van der Waals surface area contributed by atoms with Gasteiger partial charge in [0.1, 0.15) is 5.01 Å². The molecule has 0 spiro atoms. The van der Waals surface area contributed by atoms with Gasteiger partial charge in [-0.05, 0) is 18.4 Å². The molecule has 0 amide bonds. The first kappa shape index (κ1) is 15.7. The summed E-state index contributed by atoms with van der Waals surface area (Å²) in [7, 11) is 0. The van der Waals surface area contributed by atoms with Crippen molar-refractivity contribution in [3.05, 3.63) is 40.9 Å². The molecule has 0 bridgehead atoms. The average molecular weight is 316 g/mol. The van der Waals surface area contributed by atoms with Crippen LogP contribution in [0, 0.1) is 0 Å². The first-order valence-electron chi connectivity index (χ1n) is 8.01. The van der Waals surface area contributed by atoms with Gasteiger partial charge in [-0.25, -0.2) is 4.98 Å². The maximum absolute atomic E-state index is 5.60. The number of benzene rings is 1. The Morgan fingerprint density at radius 3 is 2.77 bits per heavy atom. The van der Waals surface area contributed by atoms with Gasteiger partial charge in [0.2, 0.25) is 0 Å². The molecule has 1 fully saturated rings. The predicted octanol–water partition coefficient (Wildman–Crippen LogP) is 4.15. The van der Waals surface area contributed by atoms with Gasteiger partial charge in [-0.15, -0.1) is 11.3 Å². The van der Waals surface area contributed by atoms with Gasteiger partial charge in [-0.3, -0.25) is 4.90 Å². The molecule has 118 valence electrons. The highest BCUT2D eigenvalue weighted by molar-refractivity contribution is 7.15. The molecule has 1 saturated heterocycles. The maximum atomic E-state index is 5.60. The van der Waals surface area contributed by atoms with Crippen LogP contribution in [0.2, 0.25) is 0 Å². The van der Waals surface area contributed by atoms with Crippen LogP contribution in [-0.2, 0) is 11.3 Å². The molecule has 3 nitrogen and oxygen atoms in total. The fourth-order valence-electron chi connectivity index (χ4n) is 2.78. The summed E-state index contributed by atoms with van der Waals surface area (Å²) in [6.45, 7) is 10.4. The Morgan fingerprint density at radius 2 is 2.09 bits per heavy atom. The van der Waals surface area contributed by atoms with Crippen LogP contribution in [0.4, 0.5) is 0 Å². The number of ether oxygens (including phenoxy) is 1. The minimum atomic E-state index is 0.338. The molecule has 1 aliphatic heterocycles. The smallest absolute Gasteiger partial charge is 0.123 e. The van der Waals surface area contributed by atoms with Crippen LogP contribution in [-0.4, -0.2) is 35.7 Å². The lowest BCUT2D eigenvalue weighted by Gasteiger charge is -2.30. The molecule has 1 aromatic heterocycles. The Bertz CT molecular complexity index is 606. The second-order valence-corrected chi connectivity index (χ2v) is 7.44. The summed E-state index contributed by atoms with van der Waals surface area (Å²) in [5, 5.41) is 1.12. The molecule has 0 N–H and O–H groups in total. The van der Waals surface area contributed by atoms with E-state index >= 15 is 0 Å². The molecule has 1 aromatic carbocycles. The van der Waals surface area contributed by atoms with Crippen molar-refractivity contribution in [2.75, 3.05) is 19.7 Å². The van der Waals surface area contributed by atoms with E-state index in [2.05, 4.69) is 54.9 Å². The highest BCUT2D eigenvalue weighted by Gasteiger charge is 2.17. The van der Waals surface area contributed by atoms with Crippen LogP contribution in [0.3, 0.4) is 0 Å². The van der Waals surface area contributed by atoms with Gasteiger partial charge in [-0.1, -0.05) is 38.1 Å². The summed E-state index contributed by atoms with van der Waals surface area (Å²) in [5.41, 5.74) is 2.60. The predicted molar refractivity (Wildman–Crippen MR) is 92.3 cm³/mol. The zero-order chi connectivity index (χ0) is 15.5. The molecular formula is C18H24N2OS. The average Bonchev–Trinajstić information content (AvgIpc) is 2.96. The molecule has 1 aliphatic rings. The van der Waals surface area contributed by atoms with Crippen molar-refractivity contribution in [2.24, 2.45) is 0 Å². The van der Waals surface area contributed by atoms with Crippen molar-refractivity contribution < 1.29 is 4.74 Å². The topological polar surface area (TPSA) is 25.4 Å². The third kappa shape index (κ3) is 3.75. The van der Waals surface area contributed by atoms with Gasteiger partial charge in [0.05, 0.1) is 12.7 Å². The Labute approximate surface area is 137 Å². The molecule has 0 saturated carbocycles. The van der Waals surface area contributed by atoms with Crippen molar-refractivity contribution in [1.29, 1.82) is 0 Å². The zero-order valence-corrected chi connectivity index (χ0v) is 14.4. The largest absolute Gasteiger partial charge is 0.376 e. The summed E-state index contributed by atoms with van der Waals surface area (Å²) in [6.07, 6.45) is 2.36. The lowest BCUT2D eigenvalue weighted by Crippen LogP contribution is -2.40. The highest BCUT2D eigenvalue weighted by atomic mass is 32.1. The lowest BCUT2D eigenvalue weighted by molar-refractivity contribution is -0.0209. The van der Waals surface area contributed by atoms with Crippen molar-refractivity contribution in [2.45, 2.75) is 39.3 Å². The molecular weight excluding hydrogens is 292 g/mol. The fraction of sp³-hybridized carbons (Fsp3) is 0.500. The van der Waals surface area contributed by atoms with E-state index in [1.165, 1.54) is 16.0 Å². The minimum absolute atomic E-state index is 0.338. The Balaban J connectivity index is 1.67. The van der Waals surface area contributed by atoms with E-state index in [0.29, 0.717) is 12.0 Å². The van der Waals surface area contributed by atoms with Gasteiger partial charge >= 0.3 is 0 Å². The number of morpholine rings is 1.